The van der Waals surface area contributed by atoms with Crippen molar-refractivity contribution < 1.29 is 5.11 Å². The molecule has 0 radical (unpaired) electrons. The molecule has 168 valence electrons. The average Bonchev–Trinajstić information content (AvgIpc) is 3.17. The van der Waals surface area contributed by atoms with Crippen LogP contribution in [0.5, 0.6) is 0 Å². The fourth-order valence-electron chi connectivity index (χ4n) is 8.76. The molecule has 2 nitrogen and oxygen atoms in total. The van der Waals surface area contributed by atoms with E-state index in [0.717, 1.165) is 25.7 Å². The molecule has 31 heavy (non-hydrogen) atoms. The first-order chi connectivity index (χ1) is 14.7. The molecule has 0 aliphatic heterocycles. The predicted molar refractivity (Wildman–Crippen MR) is 131 cm³/mol. The molecule has 0 saturated heterocycles. The van der Waals surface area contributed by atoms with E-state index in [1.54, 1.807) is 11.1 Å². The molecule has 1 aromatic heterocycles. The van der Waals surface area contributed by atoms with Gasteiger partial charge in [0.05, 0.1) is 6.10 Å². The molecular weight excluding hydrogens is 378 g/mol. The van der Waals surface area contributed by atoms with E-state index in [1.165, 1.54) is 22.9 Å². The molecule has 3 aliphatic rings. The lowest BCUT2D eigenvalue weighted by atomic mass is 9.35. The number of aromatic nitrogens is 1. The monoisotopic (exact) mass is 419 g/mol. The summed E-state index contributed by atoms with van der Waals surface area (Å²) >= 11 is 0. The third kappa shape index (κ3) is 2.67. The number of H-pyrrole nitrogens is 1. The standard InChI is InChI=1S/C29H41NO/c1-17(2)21-13-14-29-25(31)12-11-19(4)28(29,6)20(5)15-18(3)27(29)26(21)23-16-30-24-10-8-7-9-22(23)24/h7-10,16-20,25,27,30-31H,11-15H2,1-6H3/t18-,19-,20+,25+,27+,28-,29+/m1/s1. The van der Waals surface area contributed by atoms with Crippen molar-refractivity contribution in [1.29, 1.82) is 0 Å². The van der Waals surface area contributed by atoms with Crippen LogP contribution in [-0.4, -0.2) is 16.2 Å². The molecule has 0 unspecified atom stereocenters. The van der Waals surface area contributed by atoms with Gasteiger partial charge in [-0.2, -0.15) is 0 Å². The Morgan fingerprint density at radius 3 is 2.55 bits per heavy atom. The van der Waals surface area contributed by atoms with E-state index in [2.05, 4.69) is 77.0 Å². The van der Waals surface area contributed by atoms with Crippen molar-refractivity contribution in [3.05, 3.63) is 41.6 Å². The number of para-hydroxylation sites is 1. The second kappa shape index (κ2) is 7.24. The number of benzene rings is 1. The number of hydrogen-bond donors (Lipinski definition) is 2. The van der Waals surface area contributed by atoms with Crippen LogP contribution in [0.3, 0.4) is 0 Å². The molecule has 1 spiro atoms. The SMILES string of the molecule is CC(C)C1=C(c2c[nH]c3ccccc23)[C@@H]2[C@H](C)C[C@H](C)[C@@]3(C)[C@H](C)CC[C@H](O)[C@@]23CC1. The summed E-state index contributed by atoms with van der Waals surface area (Å²) in [6.07, 6.45) is 7.73. The highest BCUT2D eigenvalue weighted by molar-refractivity contribution is 5.94. The molecule has 3 aliphatic carbocycles. The summed E-state index contributed by atoms with van der Waals surface area (Å²) in [6, 6.07) is 8.77. The van der Waals surface area contributed by atoms with Crippen molar-refractivity contribution in [3.63, 3.8) is 0 Å². The van der Waals surface area contributed by atoms with E-state index in [1.807, 2.05) is 0 Å². The number of aliphatic hydroxyl groups excluding tert-OH is 1. The summed E-state index contributed by atoms with van der Waals surface area (Å²) in [4.78, 5) is 3.57. The number of fused-ring (bicyclic) bond motifs is 1. The Hall–Kier alpha value is -1.54. The maximum Gasteiger partial charge on any atom is 0.0608 e. The van der Waals surface area contributed by atoms with Gasteiger partial charge in [-0.25, -0.2) is 0 Å². The number of allylic oxidation sites excluding steroid dienone is 2. The van der Waals surface area contributed by atoms with E-state index < -0.39 is 0 Å². The molecular formula is C29H41NO. The van der Waals surface area contributed by atoms with Crippen LogP contribution in [0, 0.1) is 40.4 Å². The van der Waals surface area contributed by atoms with Crippen molar-refractivity contribution in [2.75, 3.05) is 0 Å². The number of aliphatic hydroxyl groups is 1. The maximum absolute atomic E-state index is 11.8. The summed E-state index contributed by atoms with van der Waals surface area (Å²) in [6.45, 7) is 14.7. The highest BCUT2D eigenvalue weighted by Crippen LogP contribution is 2.72. The van der Waals surface area contributed by atoms with Crippen LogP contribution in [0.2, 0.25) is 0 Å². The molecule has 2 N–H and O–H groups in total. The molecule has 5 rings (SSSR count). The van der Waals surface area contributed by atoms with E-state index in [9.17, 15) is 5.11 Å². The first kappa shape index (κ1) is 21.3. The lowest BCUT2D eigenvalue weighted by Gasteiger charge is -2.69. The molecule has 7 atom stereocenters. The molecule has 1 aromatic carbocycles. The average molecular weight is 420 g/mol. The first-order valence-corrected chi connectivity index (χ1v) is 12.7. The summed E-state index contributed by atoms with van der Waals surface area (Å²) < 4.78 is 0. The van der Waals surface area contributed by atoms with E-state index >= 15 is 0 Å². The molecule has 2 fully saturated rings. The molecule has 0 amide bonds. The smallest absolute Gasteiger partial charge is 0.0608 e. The van der Waals surface area contributed by atoms with Crippen molar-refractivity contribution in [2.45, 2.75) is 79.8 Å². The maximum atomic E-state index is 11.8. The minimum absolute atomic E-state index is 0.0200. The highest BCUT2D eigenvalue weighted by Gasteiger charge is 2.67. The number of hydrogen-bond acceptors (Lipinski definition) is 1. The fraction of sp³-hybridized carbons (Fsp3) is 0.655. The predicted octanol–water partition coefficient (Wildman–Crippen LogP) is 7.45. The van der Waals surface area contributed by atoms with Gasteiger partial charge >= 0.3 is 0 Å². The molecule has 2 aromatic rings. The Balaban J connectivity index is 1.80. The normalized spacial score (nSPS) is 40.8. The second-order valence-electron chi connectivity index (χ2n) is 11.8. The Morgan fingerprint density at radius 2 is 1.81 bits per heavy atom. The first-order valence-electron chi connectivity index (χ1n) is 12.7. The van der Waals surface area contributed by atoms with Gasteiger partial charge in [0, 0.05) is 28.1 Å². The highest BCUT2D eigenvalue weighted by atomic mass is 16.3. The van der Waals surface area contributed by atoms with Gasteiger partial charge in [-0.3, -0.25) is 0 Å². The van der Waals surface area contributed by atoms with Crippen molar-refractivity contribution >= 4 is 16.5 Å². The lowest BCUT2D eigenvalue weighted by molar-refractivity contribution is -0.218. The van der Waals surface area contributed by atoms with Crippen LogP contribution >= 0.6 is 0 Å². The van der Waals surface area contributed by atoms with Gasteiger partial charge in [0.25, 0.3) is 0 Å². The van der Waals surface area contributed by atoms with E-state index in [0.29, 0.717) is 29.6 Å². The Bertz CT molecular complexity index is 1010. The van der Waals surface area contributed by atoms with Gasteiger partial charge in [-0.05, 0) is 78.7 Å². The van der Waals surface area contributed by atoms with Gasteiger partial charge in [0.15, 0.2) is 0 Å². The number of aromatic amines is 1. The van der Waals surface area contributed by atoms with Gasteiger partial charge in [-0.15, -0.1) is 0 Å². The Morgan fingerprint density at radius 1 is 1.06 bits per heavy atom. The largest absolute Gasteiger partial charge is 0.393 e. The van der Waals surface area contributed by atoms with Crippen LogP contribution in [-0.2, 0) is 0 Å². The summed E-state index contributed by atoms with van der Waals surface area (Å²) in [7, 11) is 0. The second-order valence-corrected chi connectivity index (χ2v) is 11.8. The van der Waals surface area contributed by atoms with Crippen molar-refractivity contribution in [1.82, 2.24) is 4.98 Å². The Kier molecular flexibility index (Phi) is 4.97. The molecule has 0 bridgehead atoms. The van der Waals surface area contributed by atoms with Crippen LogP contribution in [0.15, 0.2) is 36.0 Å². The summed E-state index contributed by atoms with van der Waals surface area (Å²) in [5.74, 6) is 2.86. The zero-order valence-corrected chi connectivity index (χ0v) is 20.3. The Labute approximate surface area is 188 Å². The minimum atomic E-state index is -0.196. The fourth-order valence-corrected chi connectivity index (χ4v) is 8.76. The van der Waals surface area contributed by atoms with Crippen LogP contribution in [0.25, 0.3) is 16.5 Å². The zero-order valence-electron chi connectivity index (χ0n) is 20.3. The van der Waals surface area contributed by atoms with Crippen molar-refractivity contribution in [2.24, 2.45) is 40.4 Å². The van der Waals surface area contributed by atoms with Gasteiger partial charge < -0.3 is 10.1 Å². The van der Waals surface area contributed by atoms with Crippen molar-refractivity contribution in [3.8, 4) is 0 Å². The molecule has 2 heteroatoms. The number of rotatable bonds is 2. The number of nitrogens with one attached hydrogen (secondary N) is 1. The minimum Gasteiger partial charge on any atom is -0.393 e. The van der Waals surface area contributed by atoms with Crippen LogP contribution in [0.4, 0.5) is 0 Å². The van der Waals surface area contributed by atoms with Gasteiger partial charge in [0.1, 0.15) is 0 Å². The molecule has 2 saturated carbocycles. The van der Waals surface area contributed by atoms with Crippen LogP contribution in [0.1, 0.15) is 79.2 Å². The summed E-state index contributed by atoms with van der Waals surface area (Å²) in [5, 5.41) is 13.2. The lowest BCUT2D eigenvalue weighted by Crippen LogP contribution is -2.66. The molecule has 1 heterocycles. The quantitative estimate of drug-likeness (QED) is 0.521. The summed E-state index contributed by atoms with van der Waals surface area (Å²) in [5.41, 5.74) is 6.00. The van der Waals surface area contributed by atoms with E-state index in [-0.39, 0.29) is 16.9 Å². The third-order valence-electron chi connectivity index (χ3n) is 10.4. The van der Waals surface area contributed by atoms with E-state index in [4.69, 9.17) is 0 Å². The van der Waals surface area contributed by atoms with Gasteiger partial charge in [0.2, 0.25) is 0 Å². The van der Waals surface area contributed by atoms with Gasteiger partial charge in [-0.1, -0.05) is 65.3 Å². The zero-order chi connectivity index (χ0) is 22.1. The van der Waals surface area contributed by atoms with Crippen LogP contribution < -0.4 is 0 Å². The topological polar surface area (TPSA) is 36.0 Å². The third-order valence-corrected chi connectivity index (χ3v) is 10.4.